The molecule has 1 heterocycles. The Kier molecular flexibility index (Phi) is 3.11. The molecule has 0 aromatic heterocycles. The molecule has 2 N–H and O–H groups in total. The standard InChI is InChI=1S/C12H17NO2/c1-9(14)8-15-11-6-2-4-10-5-3-7-13-12(10)11/h2,4,6,9,13-14H,3,5,7-8H2,1H3. The molecule has 0 aliphatic carbocycles. The van der Waals surface area contributed by atoms with Crippen molar-refractivity contribution in [3.05, 3.63) is 23.8 Å². The first-order valence-corrected chi connectivity index (χ1v) is 5.44. The summed E-state index contributed by atoms with van der Waals surface area (Å²) in [7, 11) is 0. The first-order valence-electron chi connectivity index (χ1n) is 5.44. The molecule has 0 spiro atoms. The highest BCUT2D eigenvalue weighted by atomic mass is 16.5. The van der Waals surface area contributed by atoms with Crippen molar-refractivity contribution >= 4 is 5.69 Å². The monoisotopic (exact) mass is 207 g/mol. The van der Waals surface area contributed by atoms with Crippen molar-refractivity contribution in [3.8, 4) is 5.75 Å². The van der Waals surface area contributed by atoms with Crippen molar-refractivity contribution in [2.24, 2.45) is 0 Å². The van der Waals surface area contributed by atoms with Gasteiger partial charge in [-0.2, -0.15) is 0 Å². The molecule has 0 saturated heterocycles. The lowest BCUT2D eigenvalue weighted by Crippen LogP contribution is -2.16. The lowest BCUT2D eigenvalue weighted by Gasteiger charge is -2.21. The molecular weight excluding hydrogens is 190 g/mol. The number of fused-ring (bicyclic) bond motifs is 1. The Morgan fingerprint density at radius 1 is 1.53 bits per heavy atom. The van der Waals surface area contributed by atoms with Gasteiger partial charge >= 0.3 is 0 Å². The van der Waals surface area contributed by atoms with Crippen LogP contribution in [0.5, 0.6) is 5.75 Å². The summed E-state index contributed by atoms with van der Waals surface area (Å²) in [4.78, 5) is 0. The van der Waals surface area contributed by atoms with Crippen LogP contribution in [0.3, 0.4) is 0 Å². The fourth-order valence-electron chi connectivity index (χ4n) is 1.81. The topological polar surface area (TPSA) is 41.5 Å². The van der Waals surface area contributed by atoms with E-state index in [0.717, 1.165) is 24.4 Å². The van der Waals surface area contributed by atoms with Gasteiger partial charge in [-0.1, -0.05) is 12.1 Å². The van der Waals surface area contributed by atoms with E-state index in [-0.39, 0.29) is 0 Å². The highest BCUT2D eigenvalue weighted by Crippen LogP contribution is 2.31. The Bertz CT molecular complexity index is 336. The molecule has 1 aromatic carbocycles. The number of aryl methyl sites for hydroxylation is 1. The smallest absolute Gasteiger partial charge is 0.142 e. The molecule has 1 atom stereocenters. The van der Waals surface area contributed by atoms with Crippen LogP contribution in [0, 0.1) is 0 Å². The third kappa shape index (κ3) is 2.42. The van der Waals surface area contributed by atoms with Gasteiger partial charge in [0.2, 0.25) is 0 Å². The van der Waals surface area contributed by atoms with Crippen LogP contribution in [0.1, 0.15) is 18.9 Å². The molecule has 82 valence electrons. The fraction of sp³-hybridized carbons (Fsp3) is 0.500. The van der Waals surface area contributed by atoms with Crippen LogP contribution in [0.15, 0.2) is 18.2 Å². The van der Waals surface area contributed by atoms with Crippen molar-refractivity contribution in [2.75, 3.05) is 18.5 Å². The van der Waals surface area contributed by atoms with E-state index in [9.17, 15) is 5.11 Å². The Balaban J connectivity index is 2.16. The van der Waals surface area contributed by atoms with E-state index in [2.05, 4.69) is 11.4 Å². The highest BCUT2D eigenvalue weighted by Gasteiger charge is 2.13. The summed E-state index contributed by atoms with van der Waals surface area (Å²) in [5.41, 5.74) is 2.41. The average Bonchev–Trinajstić information content (AvgIpc) is 2.26. The van der Waals surface area contributed by atoms with Gasteiger partial charge in [-0.3, -0.25) is 0 Å². The summed E-state index contributed by atoms with van der Waals surface area (Å²) in [5.74, 6) is 0.855. The zero-order valence-electron chi connectivity index (χ0n) is 8.99. The molecule has 1 aliphatic rings. The largest absolute Gasteiger partial charge is 0.489 e. The van der Waals surface area contributed by atoms with E-state index in [1.807, 2.05) is 12.1 Å². The van der Waals surface area contributed by atoms with Crippen LogP contribution in [0.4, 0.5) is 5.69 Å². The summed E-state index contributed by atoms with van der Waals surface area (Å²) in [6.07, 6.45) is 1.85. The SMILES string of the molecule is CC(O)COc1cccc2c1NCCC2. The molecule has 0 bridgehead atoms. The minimum atomic E-state index is -0.426. The van der Waals surface area contributed by atoms with Crippen LogP contribution in [-0.2, 0) is 6.42 Å². The van der Waals surface area contributed by atoms with E-state index >= 15 is 0 Å². The average molecular weight is 207 g/mol. The summed E-state index contributed by atoms with van der Waals surface area (Å²) in [5, 5.41) is 12.5. The zero-order chi connectivity index (χ0) is 10.7. The molecule has 3 nitrogen and oxygen atoms in total. The van der Waals surface area contributed by atoms with E-state index in [1.54, 1.807) is 6.92 Å². The Morgan fingerprint density at radius 3 is 3.20 bits per heavy atom. The molecule has 1 unspecified atom stereocenters. The van der Waals surface area contributed by atoms with Gasteiger partial charge in [-0.05, 0) is 31.4 Å². The van der Waals surface area contributed by atoms with Gasteiger partial charge in [-0.15, -0.1) is 0 Å². The summed E-state index contributed by atoms with van der Waals surface area (Å²) in [6, 6.07) is 6.07. The number of ether oxygens (including phenoxy) is 1. The molecule has 2 rings (SSSR count). The maximum Gasteiger partial charge on any atom is 0.142 e. The van der Waals surface area contributed by atoms with E-state index in [4.69, 9.17) is 4.74 Å². The van der Waals surface area contributed by atoms with Gasteiger partial charge in [0, 0.05) is 6.54 Å². The van der Waals surface area contributed by atoms with Crippen molar-refractivity contribution in [1.82, 2.24) is 0 Å². The molecule has 3 heteroatoms. The van der Waals surface area contributed by atoms with E-state index in [0.29, 0.717) is 6.61 Å². The van der Waals surface area contributed by atoms with Gasteiger partial charge in [-0.25, -0.2) is 0 Å². The van der Waals surface area contributed by atoms with Crippen LogP contribution in [-0.4, -0.2) is 24.4 Å². The van der Waals surface area contributed by atoms with Crippen LogP contribution < -0.4 is 10.1 Å². The number of benzene rings is 1. The minimum absolute atomic E-state index is 0.345. The second-order valence-corrected chi connectivity index (χ2v) is 3.98. The van der Waals surface area contributed by atoms with Crippen LogP contribution >= 0.6 is 0 Å². The normalized spacial score (nSPS) is 16.4. The first kappa shape index (κ1) is 10.3. The third-order valence-electron chi connectivity index (χ3n) is 2.52. The molecule has 1 aromatic rings. The third-order valence-corrected chi connectivity index (χ3v) is 2.52. The van der Waals surface area contributed by atoms with E-state index < -0.39 is 6.10 Å². The number of aliphatic hydroxyl groups excluding tert-OH is 1. The molecule has 0 fully saturated rings. The summed E-state index contributed by atoms with van der Waals surface area (Å²) < 4.78 is 5.55. The Labute approximate surface area is 90.1 Å². The van der Waals surface area contributed by atoms with Gasteiger partial charge in [0.15, 0.2) is 0 Å². The number of para-hydroxylation sites is 1. The lowest BCUT2D eigenvalue weighted by molar-refractivity contribution is 0.123. The predicted molar refractivity (Wildman–Crippen MR) is 60.4 cm³/mol. The summed E-state index contributed by atoms with van der Waals surface area (Å²) in [6.45, 7) is 3.07. The van der Waals surface area contributed by atoms with Gasteiger partial charge in [0.1, 0.15) is 12.4 Å². The van der Waals surface area contributed by atoms with Crippen molar-refractivity contribution in [1.29, 1.82) is 0 Å². The van der Waals surface area contributed by atoms with Gasteiger partial charge < -0.3 is 15.2 Å². The summed E-state index contributed by atoms with van der Waals surface area (Å²) >= 11 is 0. The first-order chi connectivity index (χ1) is 7.27. The second-order valence-electron chi connectivity index (χ2n) is 3.98. The number of aliphatic hydroxyl groups is 1. The zero-order valence-corrected chi connectivity index (χ0v) is 8.99. The molecule has 0 saturated carbocycles. The van der Waals surface area contributed by atoms with E-state index in [1.165, 1.54) is 12.0 Å². The number of hydrogen-bond acceptors (Lipinski definition) is 3. The molecule has 15 heavy (non-hydrogen) atoms. The molecule has 0 radical (unpaired) electrons. The second kappa shape index (κ2) is 4.53. The molecular formula is C12H17NO2. The molecule has 0 amide bonds. The maximum absolute atomic E-state index is 9.17. The molecule has 1 aliphatic heterocycles. The quantitative estimate of drug-likeness (QED) is 0.794. The Hall–Kier alpha value is -1.22. The Morgan fingerprint density at radius 2 is 2.40 bits per heavy atom. The predicted octanol–water partition coefficient (Wildman–Crippen LogP) is 1.80. The van der Waals surface area contributed by atoms with Crippen LogP contribution in [0.2, 0.25) is 0 Å². The number of rotatable bonds is 3. The van der Waals surface area contributed by atoms with Crippen molar-refractivity contribution in [3.63, 3.8) is 0 Å². The lowest BCUT2D eigenvalue weighted by atomic mass is 10.0. The number of anilines is 1. The van der Waals surface area contributed by atoms with Crippen LogP contribution in [0.25, 0.3) is 0 Å². The van der Waals surface area contributed by atoms with Crippen molar-refractivity contribution < 1.29 is 9.84 Å². The number of hydrogen-bond donors (Lipinski definition) is 2. The maximum atomic E-state index is 9.17. The van der Waals surface area contributed by atoms with Gasteiger partial charge in [0.25, 0.3) is 0 Å². The fourth-order valence-corrected chi connectivity index (χ4v) is 1.81. The van der Waals surface area contributed by atoms with Crippen molar-refractivity contribution in [2.45, 2.75) is 25.9 Å². The minimum Gasteiger partial charge on any atom is -0.489 e. The van der Waals surface area contributed by atoms with Gasteiger partial charge in [0.05, 0.1) is 11.8 Å². The highest BCUT2D eigenvalue weighted by molar-refractivity contribution is 5.63. The number of nitrogens with one attached hydrogen (secondary N) is 1.